The average Bonchev–Trinajstić information content (AvgIpc) is 3.14. The lowest BCUT2D eigenvalue weighted by molar-refractivity contribution is 0.440. The number of hydrazone groups is 1. The number of phenols is 1. The fraction of sp³-hybridized carbons (Fsp3) is 0.467. The summed E-state index contributed by atoms with van der Waals surface area (Å²) in [5.74, 6) is 1.52. The average molecular weight is 328 g/mol. The number of phenolic OH excluding ortho intramolecular Hbond substituents is 1. The maximum absolute atomic E-state index is 10.1. The standard InChI is InChI=1S/C15H18ClN3O.ClH/c1-9-8-19(13(17)7-10-5-6-10)18-14(9)11-3-2-4-12(16)15(11)20;/h2-4,9-10,17,20H,5-8H2,1H3;1H. The summed E-state index contributed by atoms with van der Waals surface area (Å²) >= 11 is 5.96. The minimum absolute atomic E-state index is 0. The van der Waals surface area contributed by atoms with Crippen LogP contribution in [0.2, 0.25) is 5.02 Å². The molecule has 0 radical (unpaired) electrons. The molecular formula is C15H19Cl2N3O. The van der Waals surface area contributed by atoms with Gasteiger partial charge >= 0.3 is 0 Å². The van der Waals surface area contributed by atoms with E-state index >= 15 is 0 Å². The zero-order valence-corrected chi connectivity index (χ0v) is 13.4. The van der Waals surface area contributed by atoms with Crippen LogP contribution in [0.5, 0.6) is 5.75 Å². The number of hydrogen-bond acceptors (Lipinski definition) is 3. The van der Waals surface area contributed by atoms with Crippen molar-refractivity contribution in [1.82, 2.24) is 5.01 Å². The summed E-state index contributed by atoms with van der Waals surface area (Å²) in [6, 6.07) is 5.29. The number of amidine groups is 1. The van der Waals surface area contributed by atoms with E-state index in [9.17, 15) is 5.11 Å². The number of nitrogens with zero attached hydrogens (tertiary/aromatic N) is 2. The molecule has 4 nitrogen and oxygen atoms in total. The maximum atomic E-state index is 10.1. The summed E-state index contributed by atoms with van der Waals surface area (Å²) in [4.78, 5) is 0. The van der Waals surface area contributed by atoms with E-state index in [1.807, 2.05) is 12.1 Å². The molecule has 0 saturated heterocycles. The van der Waals surface area contributed by atoms with Gasteiger partial charge in [0.1, 0.15) is 11.6 Å². The third-order valence-corrected chi connectivity index (χ3v) is 4.20. The molecule has 1 aliphatic carbocycles. The van der Waals surface area contributed by atoms with Crippen LogP contribution in [0.4, 0.5) is 0 Å². The van der Waals surface area contributed by atoms with Gasteiger partial charge in [-0.05, 0) is 30.9 Å². The fourth-order valence-electron chi connectivity index (χ4n) is 2.53. The molecule has 1 heterocycles. The number of aromatic hydroxyl groups is 1. The quantitative estimate of drug-likeness (QED) is 0.653. The van der Waals surface area contributed by atoms with Crippen LogP contribution in [0.15, 0.2) is 23.3 Å². The lowest BCUT2D eigenvalue weighted by atomic mass is 9.98. The van der Waals surface area contributed by atoms with E-state index < -0.39 is 0 Å². The molecule has 1 aromatic carbocycles. The van der Waals surface area contributed by atoms with Crippen molar-refractivity contribution in [3.63, 3.8) is 0 Å². The number of para-hydroxylation sites is 1. The smallest absolute Gasteiger partial charge is 0.143 e. The number of hydrogen-bond donors (Lipinski definition) is 2. The van der Waals surface area contributed by atoms with E-state index in [-0.39, 0.29) is 24.1 Å². The highest BCUT2D eigenvalue weighted by Crippen LogP contribution is 2.35. The van der Waals surface area contributed by atoms with Crippen LogP contribution in [0.1, 0.15) is 31.7 Å². The van der Waals surface area contributed by atoms with Gasteiger partial charge < -0.3 is 5.11 Å². The van der Waals surface area contributed by atoms with Crippen molar-refractivity contribution in [3.8, 4) is 5.75 Å². The van der Waals surface area contributed by atoms with Gasteiger partial charge in [0.25, 0.3) is 0 Å². The fourth-order valence-corrected chi connectivity index (χ4v) is 2.70. The van der Waals surface area contributed by atoms with Gasteiger partial charge in [0.2, 0.25) is 0 Å². The van der Waals surface area contributed by atoms with Crippen molar-refractivity contribution in [2.24, 2.45) is 16.9 Å². The van der Waals surface area contributed by atoms with E-state index in [1.165, 1.54) is 12.8 Å². The predicted molar refractivity (Wildman–Crippen MR) is 87.8 cm³/mol. The monoisotopic (exact) mass is 327 g/mol. The molecule has 1 unspecified atom stereocenters. The SMILES string of the molecule is CC1CN(C(=N)CC2CC2)N=C1c1cccc(Cl)c1O.Cl. The number of nitrogens with one attached hydrogen (secondary N) is 1. The molecule has 0 bridgehead atoms. The second-order valence-corrected chi connectivity index (χ2v) is 6.11. The molecule has 1 aromatic rings. The summed E-state index contributed by atoms with van der Waals surface area (Å²) in [6.45, 7) is 2.76. The van der Waals surface area contributed by atoms with Gasteiger partial charge in [-0.15, -0.1) is 12.4 Å². The lowest BCUT2D eigenvalue weighted by Gasteiger charge is -2.14. The first-order valence-corrected chi connectivity index (χ1v) is 7.35. The van der Waals surface area contributed by atoms with E-state index in [0.717, 1.165) is 12.1 Å². The highest BCUT2D eigenvalue weighted by atomic mass is 35.5. The molecule has 0 amide bonds. The van der Waals surface area contributed by atoms with Gasteiger partial charge in [-0.2, -0.15) is 5.10 Å². The highest BCUT2D eigenvalue weighted by Gasteiger charge is 2.31. The van der Waals surface area contributed by atoms with Crippen LogP contribution in [-0.4, -0.2) is 28.2 Å². The Morgan fingerprint density at radius 3 is 2.86 bits per heavy atom. The Bertz CT molecular complexity index is 584. The minimum Gasteiger partial charge on any atom is -0.506 e. The molecule has 2 N–H and O–H groups in total. The first-order chi connectivity index (χ1) is 9.56. The molecule has 1 atom stereocenters. The van der Waals surface area contributed by atoms with Crippen LogP contribution in [0, 0.1) is 17.2 Å². The van der Waals surface area contributed by atoms with Gasteiger partial charge in [-0.1, -0.05) is 24.6 Å². The molecule has 3 rings (SSSR count). The Labute approximate surface area is 135 Å². The highest BCUT2D eigenvalue weighted by molar-refractivity contribution is 6.32. The Morgan fingerprint density at radius 1 is 1.48 bits per heavy atom. The Balaban J connectivity index is 0.00000161. The van der Waals surface area contributed by atoms with Crippen molar-refractivity contribution < 1.29 is 5.11 Å². The molecule has 1 saturated carbocycles. The summed E-state index contributed by atoms with van der Waals surface area (Å²) in [5.41, 5.74) is 1.48. The minimum atomic E-state index is 0. The Kier molecular flexibility index (Phi) is 4.79. The van der Waals surface area contributed by atoms with Crippen molar-refractivity contribution >= 4 is 35.6 Å². The summed E-state index contributed by atoms with van der Waals surface area (Å²) in [6.07, 6.45) is 3.28. The molecule has 2 aliphatic rings. The van der Waals surface area contributed by atoms with Crippen LogP contribution >= 0.6 is 24.0 Å². The lowest BCUT2D eigenvalue weighted by Crippen LogP contribution is -2.25. The third kappa shape index (κ3) is 3.33. The summed E-state index contributed by atoms with van der Waals surface area (Å²) < 4.78 is 0. The van der Waals surface area contributed by atoms with Gasteiger partial charge in [-0.3, -0.25) is 10.4 Å². The molecule has 1 fully saturated rings. The van der Waals surface area contributed by atoms with Gasteiger partial charge in [-0.25, -0.2) is 0 Å². The maximum Gasteiger partial charge on any atom is 0.143 e. The van der Waals surface area contributed by atoms with Gasteiger partial charge in [0.15, 0.2) is 0 Å². The van der Waals surface area contributed by atoms with E-state index in [0.29, 0.717) is 28.9 Å². The predicted octanol–water partition coefficient (Wildman–Crippen LogP) is 3.90. The first kappa shape index (κ1) is 16.1. The zero-order valence-electron chi connectivity index (χ0n) is 11.8. The normalized spacial score (nSPS) is 21.0. The summed E-state index contributed by atoms with van der Waals surface area (Å²) in [5, 5.41) is 24.8. The zero-order chi connectivity index (χ0) is 14.3. The van der Waals surface area contributed by atoms with Gasteiger partial charge in [0.05, 0.1) is 17.3 Å². The van der Waals surface area contributed by atoms with Crippen LogP contribution in [-0.2, 0) is 0 Å². The molecule has 114 valence electrons. The van der Waals surface area contributed by atoms with Crippen LogP contribution in [0.25, 0.3) is 0 Å². The number of rotatable bonds is 3. The first-order valence-electron chi connectivity index (χ1n) is 6.97. The number of benzene rings is 1. The van der Waals surface area contributed by atoms with E-state index in [4.69, 9.17) is 17.0 Å². The van der Waals surface area contributed by atoms with E-state index in [1.54, 1.807) is 11.1 Å². The van der Waals surface area contributed by atoms with Crippen molar-refractivity contribution in [3.05, 3.63) is 28.8 Å². The molecule has 1 aliphatic heterocycles. The number of halogens is 2. The molecular weight excluding hydrogens is 309 g/mol. The molecule has 0 aromatic heterocycles. The third-order valence-electron chi connectivity index (χ3n) is 3.90. The second kappa shape index (κ2) is 6.24. The van der Waals surface area contributed by atoms with E-state index in [2.05, 4.69) is 12.0 Å². The topological polar surface area (TPSA) is 59.7 Å². The Morgan fingerprint density at radius 2 is 2.19 bits per heavy atom. The van der Waals surface area contributed by atoms with Crippen molar-refractivity contribution in [1.29, 1.82) is 5.41 Å². The van der Waals surface area contributed by atoms with Crippen molar-refractivity contribution in [2.75, 3.05) is 6.54 Å². The van der Waals surface area contributed by atoms with Crippen LogP contribution in [0.3, 0.4) is 0 Å². The largest absolute Gasteiger partial charge is 0.506 e. The summed E-state index contributed by atoms with van der Waals surface area (Å²) in [7, 11) is 0. The molecule has 6 heteroatoms. The Hall–Kier alpha value is -1.26. The molecule has 0 spiro atoms. The molecule has 21 heavy (non-hydrogen) atoms. The van der Waals surface area contributed by atoms with Gasteiger partial charge in [0, 0.05) is 17.9 Å². The van der Waals surface area contributed by atoms with Crippen LogP contribution < -0.4 is 0 Å². The second-order valence-electron chi connectivity index (χ2n) is 5.70. The van der Waals surface area contributed by atoms with Crippen molar-refractivity contribution in [2.45, 2.75) is 26.2 Å².